The molecule has 0 spiro atoms. The fraction of sp³-hybridized carbons (Fsp3) is 0.500. The van der Waals surface area contributed by atoms with Crippen molar-refractivity contribution in [1.82, 2.24) is 10.3 Å². The van der Waals surface area contributed by atoms with Crippen LogP contribution in [-0.4, -0.2) is 11.5 Å². The normalized spacial score (nSPS) is 13.1. The van der Waals surface area contributed by atoms with Crippen molar-refractivity contribution in [2.45, 2.75) is 46.1 Å². The zero-order valence-corrected chi connectivity index (χ0v) is 12.3. The summed E-state index contributed by atoms with van der Waals surface area (Å²) in [6.45, 7) is 7.11. The van der Waals surface area contributed by atoms with Gasteiger partial charge in [0, 0.05) is 23.2 Å². The van der Waals surface area contributed by atoms with E-state index in [4.69, 9.17) is 0 Å². The van der Waals surface area contributed by atoms with Gasteiger partial charge in [-0.1, -0.05) is 20.8 Å². The van der Waals surface area contributed by atoms with Gasteiger partial charge in [0.05, 0.1) is 5.52 Å². The monoisotopic (exact) mass is 280 g/mol. The molecule has 0 aliphatic rings. The molecular weight excluding hydrogens is 258 g/mol. The minimum absolute atomic E-state index is 0.125. The Morgan fingerprint density at radius 1 is 1.20 bits per heavy atom. The highest BCUT2D eigenvalue weighted by Gasteiger charge is 2.20. The summed E-state index contributed by atoms with van der Waals surface area (Å²) in [6.07, 6.45) is 2.69. The van der Waals surface area contributed by atoms with Gasteiger partial charge in [-0.3, -0.25) is 0 Å². The van der Waals surface area contributed by atoms with Gasteiger partial charge in [-0.2, -0.15) is 0 Å². The topological polar surface area (TPSA) is 27.8 Å². The molecule has 20 heavy (non-hydrogen) atoms. The number of nitrogens with one attached hydrogen (secondary N) is 2. The average molecular weight is 280 g/mol. The van der Waals surface area contributed by atoms with E-state index in [1.807, 2.05) is 6.92 Å². The van der Waals surface area contributed by atoms with Crippen LogP contribution in [0.25, 0.3) is 10.9 Å². The molecule has 0 radical (unpaired) electrons. The number of benzene rings is 1. The summed E-state index contributed by atoms with van der Waals surface area (Å²) in [5.74, 6) is -1.05. The maximum atomic E-state index is 13.9. The highest BCUT2D eigenvalue weighted by Crippen LogP contribution is 2.32. The molecule has 2 N–H and O–H groups in total. The fourth-order valence-electron chi connectivity index (χ4n) is 2.74. The smallest absolute Gasteiger partial charge is 0.150 e. The number of aromatic amines is 1. The van der Waals surface area contributed by atoms with Crippen LogP contribution in [0.15, 0.2) is 12.1 Å². The number of hydrogen-bond acceptors (Lipinski definition) is 1. The average Bonchev–Trinajstić information content (AvgIpc) is 2.79. The molecule has 4 heteroatoms. The van der Waals surface area contributed by atoms with Crippen LogP contribution in [0.4, 0.5) is 8.78 Å². The Morgan fingerprint density at radius 3 is 2.55 bits per heavy atom. The third kappa shape index (κ3) is 2.70. The van der Waals surface area contributed by atoms with Crippen molar-refractivity contribution in [3.63, 3.8) is 0 Å². The highest BCUT2D eigenvalue weighted by atomic mass is 19.1. The second kappa shape index (κ2) is 6.35. The van der Waals surface area contributed by atoms with E-state index < -0.39 is 11.6 Å². The minimum atomic E-state index is -0.525. The van der Waals surface area contributed by atoms with Crippen molar-refractivity contribution >= 4 is 10.9 Å². The first-order chi connectivity index (χ1) is 9.62. The second-order valence-corrected chi connectivity index (χ2v) is 5.10. The Kier molecular flexibility index (Phi) is 4.76. The van der Waals surface area contributed by atoms with Crippen molar-refractivity contribution in [2.75, 3.05) is 6.54 Å². The highest BCUT2D eigenvalue weighted by molar-refractivity contribution is 5.86. The molecule has 110 valence electrons. The van der Waals surface area contributed by atoms with E-state index in [1.54, 1.807) is 0 Å². The first kappa shape index (κ1) is 15.0. The maximum absolute atomic E-state index is 13.9. The first-order valence-corrected chi connectivity index (χ1v) is 7.35. The van der Waals surface area contributed by atoms with Gasteiger partial charge in [0.1, 0.15) is 11.6 Å². The summed E-state index contributed by atoms with van der Waals surface area (Å²) in [5.41, 5.74) is 2.41. The Morgan fingerprint density at radius 2 is 1.95 bits per heavy atom. The summed E-state index contributed by atoms with van der Waals surface area (Å²) >= 11 is 0. The van der Waals surface area contributed by atoms with Crippen molar-refractivity contribution in [1.29, 1.82) is 0 Å². The lowest BCUT2D eigenvalue weighted by Gasteiger charge is -2.18. The van der Waals surface area contributed by atoms with E-state index in [2.05, 4.69) is 24.1 Å². The van der Waals surface area contributed by atoms with Crippen molar-refractivity contribution in [3.8, 4) is 0 Å². The second-order valence-electron chi connectivity index (χ2n) is 5.10. The molecule has 1 aromatic heterocycles. The van der Waals surface area contributed by atoms with Gasteiger partial charge >= 0.3 is 0 Å². The van der Waals surface area contributed by atoms with Crippen molar-refractivity contribution < 1.29 is 8.78 Å². The molecule has 0 aliphatic heterocycles. The number of aryl methyl sites for hydroxylation is 1. The van der Waals surface area contributed by atoms with Gasteiger partial charge in [-0.25, -0.2) is 8.78 Å². The largest absolute Gasteiger partial charge is 0.356 e. The zero-order valence-electron chi connectivity index (χ0n) is 12.3. The number of rotatable bonds is 6. The van der Waals surface area contributed by atoms with Crippen LogP contribution in [-0.2, 0) is 6.42 Å². The number of H-pyrrole nitrogens is 1. The molecule has 1 aromatic carbocycles. The lowest BCUT2D eigenvalue weighted by molar-refractivity contribution is 0.517. The third-order valence-corrected chi connectivity index (χ3v) is 3.70. The molecular formula is C16H22F2N2. The Bertz CT molecular complexity index is 590. The SMILES string of the molecule is CCCNC(CC)c1c(CC)[nH]c2c(F)cc(F)cc12. The molecule has 1 unspecified atom stereocenters. The van der Waals surface area contributed by atoms with E-state index in [-0.39, 0.29) is 6.04 Å². The van der Waals surface area contributed by atoms with Gasteiger partial charge in [0.25, 0.3) is 0 Å². The molecule has 0 saturated heterocycles. The number of fused-ring (bicyclic) bond motifs is 1. The van der Waals surface area contributed by atoms with Gasteiger partial charge in [-0.15, -0.1) is 0 Å². The van der Waals surface area contributed by atoms with Gasteiger partial charge in [0.2, 0.25) is 0 Å². The summed E-state index contributed by atoms with van der Waals surface area (Å²) in [6, 6.07) is 2.49. The zero-order chi connectivity index (χ0) is 14.7. The van der Waals surface area contributed by atoms with Gasteiger partial charge in [0.15, 0.2) is 0 Å². The van der Waals surface area contributed by atoms with Crippen LogP contribution in [0.3, 0.4) is 0 Å². The molecule has 1 heterocycles. The fourth-order valence-corrected chi connectivity index (χ4v) is 2.74. The van der Waals surface area contributed by atoms with E-state index in [0.717, 1.165) is 43.1 Å². The van der Waals surface area contributed by atoms with Crippen LogP contribution >= 0.6 is 0 Å². The third-order valence-electron chi connectivity index (χ3n) is 3.70. The molecule has 0 bridgehead atoms. The van der Waals surface area contributed by atoms with E-state index in [0.29, 0.717) is 10.9 Å². The van der Waals surface area contributed by atoms with E-state index in [9.17, 15) is 8.78 Å². The van der Waals surface area contributed by atoms with Crippen molar-refractivity contribution in [2.24, 2.45) is 0 Å². The molecule has 2 nitrogen and oxygen atoms in total. The van der Waals surface area contributed by atoms with Crippen molar-refractivity contribution in [3.05, 3.63) is 35.0 Å². The van der Waals surface area contributed by atoms with Gasteiger partial charge in [-0.05, 0) is 37.4 Å². The van der Waals surface area contributed by atoms with Crippen LogP contribution < -0.4 is 5.32 Å². The summed E-state index contributed by atoms with van der Waals surface area (Å²) in [5, 5.41) is 4.12. The number of aromatic nitrogens is 1. The number of halogens is 2. The molecule has 2 aromatic rings. The molecule has 0 aliphatic carbocycles. The lowest BCUT2D eigenvalue weighted by atomic mass is 9.99. The molecule has 0 amide bonds. The molecule has 2 rings (SSSR count). The Labute approximate surface area is 118 Å². The van der Waals surface area contributed by atoms with Crippen LogP contribution in [0.5, 0.6) is 0 Å². The predicted molar refractivity (Wildman–Crippen MR) is 78.9 cm³/mol. The van der Waals surface area contributed by atoms with Crippen LogP contribution in [0.1, 0.15) is 50.9 Å². The van der Waals surface area contributed by atoms with E-state index in [1.165, 1.54) is 6.07 Å². The van der Waals surface area contributed by atoms with Crippen LogP contribution in [0.2, 0.25) is 0 Å². The quantitative estimate of drug-likeness (QED) is 0.803. The minimum Gasteiger partial charge on any atom is -0.356 e. The molecule has 0 fully saturated rings. The van der Waals surface area contributed by atoms with E-state index >= 15 is 0 Å². The van der Waals surface area contributed by atoms with Crippen LogP contribution in [0, 0.1) is 11.6 Å². The first-order valence-electron chi connectivity index (χ1n) is 7.35. The van der Waals surface area contributed by atoms with Gasteiger partial charge < -0.3 is 10.3 Å². The summed E-state index contributed by atoms with van der Waals surface area (Å²) in [4.78, 5) is 3.12. The summed E-state index contributed by atoms with van der Waals surface area (Å²) < 4.78 is 27.4. The maximum Gasteiger partial charge on any atom is 0.150 e. The Hall–Kier alpha value is -1.42. The predicted octanol–water partition coefficient (Wildman–Crippen LogP) is 4.46. The molecule has 1 atom stereocenters. The number of hydrogen-bond donors (Lipinski definition) is 2. The molecule has 0 saturated carbocycles. The standard InChI is InChI=1S/C16H22F2N2/c1-4-7-19-13(5-2)15-11-8-10(17)9-12(18)16(11)20-14(15)6-3/h8-9,13,19-20H,4-7H2,1-3H3. The summed E-state index contributed by atoms with van der Waals surface area (Å²) in [7, 11) is 0. The Balaban J connectivity index is 2.59. The lowest BCUT2D eigenvalue weighted by Crippen LogP contribution is -2.22.